The van der Waals surface area contributed by atoms with Gasteiger partial charge in [-0.2, -0.15) is 0 Å². The standard InChI is InChI=1S/C26H32N6O2/c1-16-11-12-23(30-14-16)31-18(3)13-22(19(4)26(33)29-6)32-21-10-8-9-20(25(21)34-7)24(27)17(2)15-28-5/h8-15,27-28,32H,3-4H2,1-2,5-7H3,(H,29,33)(H,30,31)/b17-15-,22-13+,27-24?. The fraction of sp³-hybridized carbons (Fsp3) is 0.192. The predicted molar refractivity (Wildman–Crippen MR) is 139 cm³/mol. The summed E-state index contributed by atoms with van der Waals surface area (Å²) in [7, 11) is 4.85. The molecular formula is C26H32N6O2. The molecule has 0 saturated carbocycles. The zero-order valence-electron chi connectivity index (χ0n) is 20.3. The van der Waals surface area contributed by atoms with E-state index in [2.05, 4.69) is 39.4 Å². The number of nitrogens with zero attached hydrogens (tertiary/aromatic N) is 1. The second-order valence-electron chi connectivity index (χ2n) is 7.49. The van der Waals surface area contributed by atoms with Crippen molar-refractivity contribution in [2.75, 3.05) is 31.8 Å². The maximum Gasteiger partial charge on any atom is 0.252 e. The van der Waals surface area contributed by atoms with Crippen LogP contribution in [-0.2, 0) is 4.79 Å². The molecule has 0 radical (unpaired) electrons. The Morgan fingerprint density at radius 1 is 1.15 bits per heavy atom. The van der Waals surface area contributed by atoms with Crippen LogP contribution in [0.2, 0.25) is 0 Å². The number of pyridine rings is 1. The fourth-order valence-electron chi connectivity index (χ4n) is 3.09. The fourth-order valence-corrected chi connectivity index (χ4v) is 3.09. The summed E-state index contributed by atoms with van der Waals surface area (Å²) in [6, 6.07) is 9.19. The quantitative estimate of drug-likeness (QED) is 0.196. The van der Waals surface area contributed by atoms with Gasteiger partial charge in [-0.1, -0.05) is 25.3 Å². The molecule has 0 atom stereocenters. The van der Waals surface area contributed by atoms with E-state index >= 15 is 0 Å². The number of nitrogens with one attached hydrogen (secondary N) is 5. The molecule has 2 rings (SSSR count). The van der Waals surface area contributed by atoms with Crippen LogP contribution in [0.4, 0.5) is 11.5 Å². The zero-order valence-corrected chi connectivity index (χ0v) is 20.3. The summed E-state index contributed by atoms with van der Waals surface area (Å²) in [5.41, 5.74) is 4.37. The number of likely N-dealkylation sites (N-methyl/N-ethyl adjacent to an activating group) is 1. The number of benzene rings is 1. The number of allylic oxidation sites excluding steroid dienone is 2. The summed E-state index contributed by atoms with van der Waals surface area (Å²) in [5, 5.41) is 20.4. The lowest BCUT2D eigenvalue weighted by Gasteiger charge is -2.19. The summed E-state index contributed by atoms with van der Waals surface area (Å²) in [4.78, 5) is 16.7. The van der Waals surface area contributed by atoms with Crippen LogP contribution in [0.3, 0.4) is 0 Å². The van der Waals surface area contributed by atoms with Gasteiger partial charge >= 0.3 is 0 Å². The lowest BCUT2D eigenvalue weighted by Crippen LogP contribution is -2.23. The van der Waals surface area contributed by atoms with Gasteiger partial charge in [-0.05, 0) is 49.3 Å². The summed E-state index contributed by atoms with van der Waals surface area (Å²) in [5.74, 6) is 0.734. The van der Waals surface area contributed by atoms with E-state index in [9.17, 15) is 4.79 Å². The first-order valence-electron chi connectivity index (χ1n) is 10.6. The molecule has 5 N–H and O–H groups in total. The van der Waals surface area contributed by atoms with Crippen molar-refractivity contribution in [1.29, 1.82) is 5.41 Å². The number of para-hydroxylation sites is 1. The Morgan fingerprint density at radius 2 is 1.88 bits per heavy atom. The van der Waals surface area contributed by atoms with Gasteiger partial charge < -0.3 is 26.0 Å². The summed E-state index contributed by atoms with van der Waals surface area (Å²) < 4.78 is 5.65. The minimum Gasteiger partial charge on any atom is -0.494 e. The van der Waals surface area contributed by atoms with Crippen LogP contribution in [-0.4, -0.2) is 37.8 Å². The molecule has 0 spiro atoms. The van der Waals surface area contributed by atoms with Crippen LogP contribution >= 0.6 is 0 Å². The summed E-state index contributed by atoms with van der Waals surface area (Å²) in [6.07, 6.45) is 5.16. The summed E-state index contributed by atoms with van der Waals surface area (Å²) in [6.45, 7) is 11.8. The molecule has 1 heterocycles. The van der Waals surface area contributed by atoms with E-state index in [1.807, 2.05) is 32.0 Å². The van der Waals surface area contributed by atoms with Gasteiger partial charge in [0.25, 0.3) is 5.91 Å². The molecule has 0 saturated heterocycles. The SMILES string of the molecule is C=C(/C=C(/Nc1cccc(C(=N)/C(C)=C\NC)c1OC)C(=C)C(=O)NC)Nc1ccc(C)cn1. The Bertz CT molecular complexity index is 1150. The molecule has 1 amide bonds. The molecule has 0 aliphatic carbocycles. The van der Waals surface area contributed by atoms with E-state index in [0.29, 0.717) is 39.9 Å². The highest BCUT2D eigenvalue weighted by molar-refractivity contribution is 6.12. The maximum absolute atomic E-state index is 12.4. The number of amides is 1. The van der Waals surface area contributed by atoms with E-state index in [4.69, 9.17) is 10.1 Å². The Balaban J connectivity index is 2.45. The molecule has 0 fully saturated rings. The van der Waals surface area contributed by atoms with Gasteiger partial charge in [0.15, 0.2) is 5.75 Å². The van der Waals surface area contributed by atoms with Gasteiger partial charge in [0.05, 0.1) is 29.8 Å². The molecular weight excluding hydrogens is 428 g/mol. The van der Waals surface area contributed by atoms with Crippen LogP contribution in [0.5, 0.6) is 5.75 Å². The third-order valence-corrected chi connectivity index (χ3v) is 4.86. The number of methoxy groups -OCH3 is 1. The molecule has 2 aromatic rings. The number of anilines is 2. The number of aryl methyl sites for hydroxylation is 1. The van der Waals surface area contributed by atoms with Crippen molar-refractivity contribution in [2.24, 2.45) is 0 Å². The number of ether oxygens (including phenoxy) is 1. The Kier molecular flexibility index (Phi) is 9.19. The van der Waals surface area contributed by atoms with Gasteiger partial charge in [-0.3, -0.25) is 10.2 Å². The molecule has 0 bridgehead atoms. The average molecular weight is 461 g/mol. The molecule has 8 nitrogen and oxygen atoms in total. The van der Waals surface area contributed by atoms with Crippen molar-refractivity contribution < 1.29 is 9.53 Å². The molecule has 0 unspecified atom stereocenters. The predicted octanol–water partition coefficient (Wildman–Crippen LogP) is 4.11. The normalized spacial score (nSPS) is 11.3. The van der Waals surface area contributed by atoms with Crippen molar-refractivity contribution >= 4 is 23.1 Å². The van der Waals surface area contributed by atoms with E-state index < -0.39 is 0 Å². The number of carbonyl (C=O) groups is 1. The van der Waals surface area contributed by atoms with Crippen LogP contribution in [0.25, 0.3) is 0 Å². The molecule has 1 aromatic heterocycles. The smallest absolute Gasteiger partial charge is 0.252 e. The lowest BCUT2D eigenvalue weighted by atomic mass is 10.0. The third-order valence-electron chi connectivity index (χ3n) is 4.86. The number of aromatic nitrogens is 1. The third kappa shape index (κ3) is 6.59. The Morgan fingerprint density at radius 3 is 2.47 bits per heavy atom. The van der Waals surface area contributed by atoms with E-state index in [1.165, 1.54) is 14.2 Å². The van der Waals surface area contributed by atoms with Gasteiger partial charge in [-0.25, -0.2) is 4.98 Å². The second-order valence-corrected chi connectivity index (χ2v) is 7.49. The van der Waals surface area contributed by atoms with Crippen LogP contribution in [0.1, 0.15) is 18.1 Å². The minimum atomic E-state index is -0.351. The highest BCUT2D eigenvalue weighted by Crippen LogP contribution is 2.32. The minimum absolute atomic E-state index is 0.205. The van der Waals surface area contributed by atoms with Crippen LogP contribution in [0, 0.1) is 12.3 Å². The maximum atomic E-state index is 12.4. The van der Waals surface area contributed by atoms with Crippen LogP contribution < -0.4 is 26.0 Å². The number of carbonyl (C=O) groups excluding carboxylic acids is 1. The highest BCUT2D eigenvalue weighted by atomic mass is 16.5. The van der Waals surface area contributed by atoms with Crippen molar-refractivity contribution in [3.63, 3.8) is 0 Å². The van der Waals surface area contributed by atoms with E-state index in [-0.39, 0.29) is 11.5 Å². The van der Waals surface area contributed by atoms with Gasteiger partial charge in [0.2, 0.25) is 0 Å². The molecule has 8 heteroatoms. The first kappa shape index (κ1) is 25.9. The monoisotopic (exact) mass is 460 g/mol. The van der Waals surface area contributed by atoms with Crippen LogP contribution in [0.15, 0.2) is 84.5 Å². The number of hydrogen-bond acceptors (Lipinski definition) is 7. The largest absolute Gasteiger partial charge is 0.494 e. The van der Waals surface area contributed by atoms with Gasteiger partial charge in [-0.15, -0.1) is 0 Å². The van der Waals surface area contributed by atoms with Crippen molar-refractivity contribution in [1.82, 2.24) is 15.6 Å². The van der Waals surface area contributed by atoms with E-state index in [1.54, 1.807) is 37.7 Å². The summed E-state index contributed by atoms with van der Waals surface area (Å²) >= 11 is 0. The second kappa shape index (κ2) is 12.1. The average Bonchev–Trinajstić information content (AvgIpc) is 2.83. The number of hydrogen-bond donors (Lipinski definition) is 5. The van der Waals surface area contributed by atoms with Gasteiger partial charge in [0.1, 0.15) is 5.82 Å². The van der Waals surface area contributed by atoms with Crippen molar-refractivity contribution in [3.8, 4) is 5.75 Å². The lowest BCUT2D eigenvalue weighted by molar-refractivity contribution is -0.116. The first-order chi connectivity index (χ1) is 16.2. The molecule has 1 aromatic carbocycles. The van der Waals surface area contributed by atoms with Gasteiger partial charge in [0, 0.05) is 37.8 Å². The molecule has 0 aliphatic heterocycles. The molecule has 178 valence electrons. The Labute approximate surface area is 201 Å². The van der Waals surface area contributed by atoms with Crippen molar-refractivity contribution in [2.45, 2.75) is 13.8 Å². The Hall–Kier alpha value is -4.33. The topological polar surface area (TPSA) is 111 Å². The number of rotatable bonds is 11. The highest BCUT2D eigenvalue weighted by Gasteiger charge is 2.18. The molecule has 34 heavy (non-hydrogen) atoms. The van der Waals surface area contributed by atoms with E-state index in [0.717, 1.165) is 11.1 Å². The first-order valence-corrected chi connectivity index (χ1v) is 10.6. The zero-order chi connectivity index (χ0) is 25.3. The van der Waals surface area contributed by atoms with Crippen molar-refractivity contribution in [3.05, 3.63) is 95.6 Å². The molecule has 0 aliphatic rings.